The summed E-state index contributed by atoms with van der Waals surface area (Å²) in [6.45, 7) is 1.16. The van der Waals surface area contributed by atoms with Crippen molar-refractivity contribution in [2.45, 2.75) is 23.5 Å². The molecule has 1 N–H and O–H groups in total. The minimum atomic E-state index is -3.99. The molecule has 1 aromatic heterocycles. The molecule has 34 heavy (non-hydrogen) atoms. The summed E-state index contributed by atoms with van der Waals surface area (Å²) in [5, 5.41) is 1.66. The molecule has 6 nitrogen and oxygen atoms in total. The number of carbonyl (C=O) groups excluding carboxylic acids is 2. The quantitative estimate of drug-likeness (QED) is 0.556. The lowest BCUT2D eigenvalue weighted by atomic mass is 9.87. The zero-order chi connectivity index (χ0) is 23.7. The second-order valence-electron chi connectivity index (χ2n) is 8.59. The molecule has 0 radical (unpaired) electrons. The summed E-state index contributed by atoms with van der Waals surface area (Å²) in [6, 6.07) is 20.0. The molecule has 1 fully saturated rings. The number of benzene rings is 2. The van der Waals surface area contributed by atoms with Crippen LogP contribution >= 0.6 is 11.3 Å². The topological polar surface area (TPSA) is 83.6 Å². The van der Waals surface area contributed by atoms with Gasteiger partial charge in [-0.2, -0.15) is 0 Å². The highest BCUT2D eigenvalue weighted by Gasteiger charge is 2.38. The van der Waals surface area contributed by atoms with Crippen molar-refractivity contribution in [1.29, 1.82) is 0 Å². The molecule has 3 aromatic rings. The fourth-order valence-electron chi connectivity index (χ4n) is 4.67. The Morgan fingerprint density at radius 1 is 0.853 bits per heavy atom. The third kappa shape index (κ3) is 4.31. The Morgan fingerprint density at radius 3 is 2.15 bits per heavy atom. The highest BCUT2D eigenvalue weighted by atomic mass is 32.2. The van der Waals surface area contributed by atoms with Crippen LogP contribution in [0.4, 0.5) is 0 Å². The first-order chi connectivity index (χ1) is 16.4. The zero-order valence-electron chi connectivity index (χ0n) is 18.4. The maximum absolute atomic E-state index is 13.5. The van der Waals surface area contributed by atoms with Gasteiger partial charge >= 0.3 is 0 Å². The van der Waals surface area contributed by atoms with Gasteiger partial charge in [0.15, 0.2) is 0 Å². The standard InChI is InChI=1S/C26H24N2O4S2/c29-25-20-9-4-5-10-21(20)26(30)24(23(25)27-34(31,32)22-11-6-16-33-22)28-14-12-19(13-15-28)17-18-7-2-1-3-8-18/h1-11,16,19,27H,12-15,17H2. The largest absolute Gasteiger partial charge is 0.367 e. The van der Waals surface area contributed by atoms with Crippen LogP contribution < -0.4 is 4.72 Å². The van der Waals surface area contributed by atoms with E-state index < -0.39 is 15.8 Å². The van der Waals surface area contributed by atoms with Crippen molar-refractivity contribution >= 4 is 32.9 Å². The Balaban J connectivity index is 1.46. The summed E-state index contributed by atoms with van der Waals surface area (Å²) in [7, 11) is -3.99. The van der Waals surface area contributed by atoms with Crippen molar-refractivity contribution in [3.8, 4) is 0 Å². The van der Waals surface area contributed by atoms with E-state index in [1.54, 1.807) is 35.7 Å². The first kappa shape index (κ1) is 22.6. The van der Waals surface area contributed by atoms with Crippen LogP contribution in [0.25, 0.3) is 0 Å². The van der Waals surface area contributed by atoms with Gasteiger partial charge in [-0.25, -0.2) is 8.42 Å². The summed E-state index contributed by atoms with van der Waals surface area (Å²) in [5.74, 6) is -0.329. The average molecular weight is 493 g/mol. The number of carbonyl (C=O) groups is 2. The molecule has 0 atom stereocenters. The number of hydrogen-bond donors (Lipinski definition) is 1. The Bertz CT molecular complexity index is 1350. The molecular weight excluding hydrogens is 468 g/mol. The molecule has 0 bridgehead atoms. The van der Waals surface area contributed by atoms with Gasteiger partial charge in [0.25, 0.3) is 10.0 Å². The Hall–Kier alpha value is -3.23. The highest BCUT2D eigenvalue weighted by molar-refractivity contribution is 7.91. The number of nitrogens with one attached hydrogen (secondary N) is 1. The Kier molecular flexibility index (Phi) is 6.10. The molecule has 8 heteroatoms. The number of rotatable bonds is 6. The van der Waals surface area contributed by atoms with Crippen LogP contribution in [0.5, 0.6) is 0 Å². The van der Waals surface area contributed by atoms with Gasteiger partial charge < -0.3 is 4.90 Å². The molecular formula is C26H24N2O4S2. The number of Topliss-reactive ketones (excluding diaryl/α,β-unsaturated/α-hetero) is 2. The predicted octanol–water partition coefficient (Wildman–Crippen LogP) is 4.27. The number of sulfonamides is 1. The van der Waals surface area contributed by atoms with E-state index in [0.29, 0.717) is 24.6 Å². The van der Waals surface area contributed by atoms with Gasteiger partial charge in [0.1, 0.15) is 15.6 Å². The van der Waals surface area contributed by atoms with Gasteiger partial charge in [0.05, 0.1) is 0 Å². The van der Waals surface area contributed by atoms with Crippen molar-refractivity contribution in [2.75, 3.05) is 13.1 Å². The monoisotopic (exact) mass is 492 g/mol. The van der Waals surface area contributed by atoms with E-state index in [1.807, 2.05) is 23.1 Å². The Morgan fingerprint density at radius 2 is 1.50 bits per heavy atom. The van der Waals surface area contributed by atoms with E-state index in [0.717, 1.165) is 30.6 Å². The van der Waals surface area contributed by atoms with Gasteiger partial charge in [-0.1, -0.05) is 60.7 Å². The van der Waals surface area contributed by atoms with Crippen LogP contribution in [0, 0.1) is 5.92 Å². The summed E-state index contributed by atoms with van der Waals surface area (Å²) in [5.41, 5.74) is 1.81. The average Bonchev–Trinajstić information content (AvgIpc) is 3.40. The number of nitrogens with zero attached hydrogens (tertiary/aromatic N) is 1. The SMILES string of the molecule is O=C1C(NS(=O)(=O)c2cccs2)=C(N2CCC(Cc3ccccc3)CC2)C(=O)c2ccccc21. The molecule has 1 aliphatic heterocycles. The summed E-state index contributed by atoms with van der Waals surface area (Å²) >= 11 is 1.06. The van der Waals surface area contributed by atoms with Gasteiger partial charge in [-0.05, 0) is 42.2 Å². The summed E-state index contributed by atoms with van der Waals surface area (Å²) in [4.78, 5) is 28.8. The lowest BCUT2D eigenvalue weighted by Gasteiger charge is -2.37. The fourth-order valence-corrected chi connectivity index (χ4v) is 6.73. The van der Waals surface area contributed by atoms with Crippen LogP contribution in [-0.4, -0.2) is 38.0 Å². The van der Waals surface area contributed by atoms with E-state index in [9.17, 15) is 18.0 Å². The number of likely N-dealkylation sites (tertiary alicyclic amines) is 1. The molecule has 2 aliphatic rings. The Labute approximate surface area is 203 Å². The summed E-state index contributed by atoms with van der Waals surface area (Å²) < 4.78 is 28.5. The van der Waals surface area contributed by atoms with E-state index in [1.165, 1.54) is 11.6 Å². The number of thiophene rings is 1. The second-order valence-corrected chi connectivity index (χ2v) is 11.4. The molecule has 5 rings (SSSR count). The van der Waals surface area contributed by atoms with E-state index in [4.69, 9.17) is 0 Å². The molecule has 1 aliphatic carbocycles. The predicted molar refractivity (Wildman–Crippen MR) is 131 cm³/mol. The van der Waals surface area contributed by atoms with E-state index in [-0.39, 0.29) is 26.9 Å². The van der Waals surface area contributed by atoms with Crippen LogP contribution in [0.15, 0.2) is 87.7 Å². The van der Waals surface area contributed by atoms with Gasteiger partial charge in [0, 0.05) is 24.2 Å². The van der Waals surface area contributed by atoms with Crippen molar-refractivity contribution in [1.82, 2.24) is 9.62 Å². The third-order valence-corrected chi connectivity index (χ3v) is 9.14. The molecule has 0 spiro atoms. The van der Waals surface area contributed by atoms with Crippen LogP contribution in [0.1, 0.15) is 39.1 Å². The minimum Gasteiger partial charge on any atom is -0.367 e. The number of fused-ring (bicyclic) bond motifs is 1. The summed E-state index contributed by atoms with van der Waals surface area (Å²) in [6.07, 6.45) is 2.67. The molecule has 0 amide bonds. The molecule has 1 saturated heterocycles. The van der Waals surface area contributed by atoms with Crippen molar-refractivity contribution in [3.05, 3.63) is 100 Å². The maximum Gasteiger partial charge on any atom is 0.271 e. The normalized spacial score (nSPS) is 17.1. The van der Waals surface area contributed by atoms with Gasteiger partial charge in [-0.3, -0.25) is 14.3 Å². The van der Waals surface area contributed by atoms with E-state index in [2.05, 4.69) is 16.9 Å². The van der Waals surface area contributed by atoms with Gasteiger partial charge in [-0.15, -0.1) is 11.3 Å². The smallest absolute Gasteiger partial charge is 0.271 e. The maximum atomic E-state index is 13.5. The van der Waals surface area contributed by atoms with Gasteiger partial charge in [0.2, 0.25) is 11.6 Å². The fraction of sp³-hybridized carbons (Fsp3) is 0.231. The minimum absolute atomic E-state index is 0.0972. The second kappa shape index (κ2) is 9.19. The first-order valence-corrected chi connectivity index (χ1v) is 13.6. The van der Waals surface area contributed by atoms with E-state index >= 15 is 0 Å². The number of hydrogen-bond acceptors (Lipinski definition) is 6. The van der Waals surface area contributed by atoms with Crippen LogP contribution in [0.2, 0.25) is 0 Å². The van der Waals surface area contributed by atoms with Crippen molar-refractivity contribution in [3.63, 3.8) is 0 Å². The lowest BCUT2D eigenvalue weighted by Crippen LogP contribution is -2.43. The molecule has 0 saturated carbocycles. The van der Waals surface area contributed by atoms with Crippen molar-refractivity contribution in [2.24, 2.45) is 5.92 Å². The third-order valence-electron chi connectivity index (χ3n) is 6.39. The van der Waals surface area contributed by atoms with Crippen LogP contribution in [0.3, 0.4) is 0 Å². The lowest BCUT2D eigenvalue weighted by molar-refractivity contribution is 0.0921. The van der Waals surface area contributed by atoms with Crippen molar-refractivity contribution < 1.29 is 18.0 Å². The number of piperidine rings is 1. The molecule has 2 aromatic carbocycles. The first-order valence-electron chi connectivity index (χ1n) is 11.2. The molecule has 2 heterocycles. The molecule has 174 valence electrons. The number of ketones is 2. The molecule has 0 unspecified atom stereocenters. The highest BCUT2D eigenvalue weighted by Crippen LogP contribution is 2.32. The number of allylic oxidation sites excluding steroid dienone is 2. The zero-order valence-corrected chi connectivity index (χ0v) is 20.1. The van der Waals surface area contributed by atoms with Crippen LogP contribution in [-0.2, 0) is 16.4 Å².